The SMILES string of the molecule is Cn1c(=O)c2c(ncn2CCC(=O)Nc2cnsn2)n(C)c1=O. The van der Waals surface area contributed by atoms with Crippen LogP contribution in [0, 0.1) is 0 Å². The molecule has 120 valence electrons. The van der Waals surface area contributed by atoms with E-state index in [1.807, 2.05) is 0 Å². The first-order chi connectivity index (χ1) is 11.0. The zero-order chi connectivity index (χ0) is 16.6. The summed E-state index contributed by atoms with van der Waals surface area (Å²) in [4.78, 5) is 40.1. The quantitative estimate of drug-likeness (QED) is 0.675. The van der Waals surface area contributed by atoms with Crippen molar-refractivity contribution < 1.29 is 4.79 Å². The first kappa shape index (κ1) is 15.1. The third kappa shape index (κ3) is 2.65. The van der Waals surface area contributed by atoms with E-state index in [2.05, 4.69) is 19.0 Å². The van der Waals surface area contributed by atoms with Crippen LogP contribution in [0.1, 0.15) is 6.42 Å². The summed E-state index contributed by atoms with van der Waals surface area (Å²) in [6, 6.07) is 0. The Labute approximate surface area is 133 Å². The van der Waals surface area contributed by atoms with E-state index in [4.69, 9.17) is 0 Å². The molecular weight excluding hydrogens is 322 g/mol. The second-order valence-corrected chi connectivity index (χ2v) is 5.46. The summed E-state index contributed by atoms with van der Waals surface area (Å²) < 4.78 is 11.6. The molecule has 0 bridgehead atoms. The normalized spacial score (nSPS) is 11.0. The highest BCUT2D eigenvalue weighted by atomic mass is 32.1. The number of carbonyl (C=O) groups excluding carboxylic acids is 1. The zero-order valence-corrected chi connectivity index (χ0v) is 13.2. The van der Waals surface area contributed by atoms with E-state index in [1.54, 1.807) is 11.6 Å². The predicted octanol–water partition coefficient (Wildman–Crippen LogP) is -0.686. The van der Waals surface area contributed by atoms with Crippen molar-refractivity contribution in [1.82, 2.24) is 27.4 Å². The first-order valence-corrected chi connectivity index (χ1v) is 7.40. The molecule has 0 unspecified atom stereocenters. The summed E-state index contributed by atoms with van der Waals surface area (Å²) in [5.41, 5.74) is -0.300. The molecule has 1 N–H and O–H groups in total. The van der Waals surface area contributed by atoms with Gasteiger partial charge in [0.15, 0.2) is 17.0 Å². The molecule has 3 aromatic rings. The molecule has 0 aliphatic rings. The van der Waals surface area contributed by atoms with E-state index in [1.165, 1.54) is 24.1 Å². The third-order valence-electron chi connectivity index (χ3n) is 3.43. The van der Waals surface area contributed by atoms with Crippen LogP contribution < -0.4 is 16.6 Å². The number of fused-ring (bicyclic) bond motifs is 1. The van der Waals surface area contributed by atoms with Crippen LogP contribution in [0.15, 0.2) is 22.1 Å². The Morgan fingerprint density at radius 3 is 2.78 bits per heavy atom. The number of hydrogen-bond acceptors (Lipinski definition) is 7. The van der Waals surface area contributed by atoms with Crippen LogP contribution in [0.5, 0.6) is 0 Å². The van der Waals surface area contributed by atoms with E-state index in [0.717, 1.165) is 16.3 Å². The van der Waals surface area contributed by atoms with Crippen molar-refractivity contribution in [2.45, 2.75) is 13.0 Å². The molecule has 0 fully saturated rings. The molecule has 0 spiro atoms. The minimum Gasteiger partial charge on any atom is -0.324 e. The van der Waals surface area contributed by atoms with Gasteiger partial charge in [0.1, 0.15) is 0 Å². The average Bonchev–Trinajstić information content (AvgIpc) is 3.18. The molecule has 0 aliphatic heterocycles. The van der Waals surface area contributed by atoms with Crippen molar-refractivity contribution in [2.75, 3.05) is 5.32 Å². The van der Waals surface area contributed by atoms with Crippen LogP contribution in [-0.2, 0) is 25.4 Å². The first-order valence-electron chi connectivity index (χ1n) is 6.67. The van der Waals surface area contributed by atoms with Gasteiger partial charge in [-0.3, -0.25) is 18.7 Å². The molecule has 0 radical (unpaired) electrons. The van der Waals surface area contributed by atoms with Crippen LogP contribution in [-0.4, -0.2) is 33.3 Å². The molecule has 3 aromatic heterocycles. The second-order valence-electron chi connectivity index (χ2n) is 4.91. The third-order valence-corrected chi connectivity index (χ3v) is 3.90. The summed E-state index contributed by atoms with van der Waals surface area (Å²) in [7, 11) is 2.95. The largest absolute Gasteiger partial charge is 0.332 e. The van der Waals surface area contributed by atoms with Crippen molar-refractivity contribution in [3.63, 3.8) is 0 Å². The highest BCUT2D eigenvalue weighted by Crippen LogP contribution is 2.07. The summed E-state index contributed by atoms with van der Waals surface area (Å²) in [6.45, 7) is 0.257. The Balaban J connectivity index is 1.85. The summed E-state index contributed by atoms with van der Waals surface area (Å²) in [6.07, 6.45) is 3.04. The monoisotopic (exact) mass is 335 g/mol. The van der Waals surface area contributed by atoms with Gasteiger partial charge in [-0.25, -0.2) is 9.78 Å². The minimum absolute atomic E-state index is 0.134. The molecule has 0 aliphatic carbocycles. The van der Waals surface area contributed by atoms with E-state index >= 15 is 0 Å². The lowest BCUT2D eigenvalue weighted by atomic mass is 10.4. The Kier molecular flexibility index (Phi) is 3.78. The number of imidazole rings is 1. The fraction of sp³-hybridized carbons (Fsp3) is 0.333. The average molecular weight is 335 g/mol. The van der Waals surface area contributed by atoms with Gasteiger partial charge in [0.25, 0.3) is 5.56 Å². The molecule has 0 atom stereocenters. The van der Waals surface area contributed by atoms with E-state index in [0.29, 0.717) is 11.5 Å². The molecular formula is C12H13N7O3S. The maximum absolute atomic E-state index is 12.3. The number of amides is 1. The van der Waals surface area contributed by atoms with Crippen LogP contribution >= 0.6 is 11.7 Å². The van der Waals surface area contributed by atoms with E-state index in [-0.39, 0.29) is 24.4 Å². The summed E-state index contributed by atoms with van der Waals surface area (Å²) >= 11 is 0.999. The lowest BCUT2D eigenvalue weighted by molar-refractivity contribution is -0.116. The fourth-order valence-electron chi connectivity index (χ4n) is 2.21. The van der Waals surface area contributed by atoms with E-state index < -0.39 is 11.2 Å². The van der Waals surface area contributed by atoms with Crippen molar-refractivity contribution >= 4 is 34.6 Å². The zero-order valence-electron chi connectivity index (χ0n) is 12.4. The topological polar surface area (TPSA) is 117 Å². The number of aromatic nitrogens is 6. The number of hydrogen-bond donors (Lipinski definition) is 1. The van der Waals surface area contributed by atoms with E-state index in [9.17, 15) is 14.4 Å². The van der Waals surface area contributed by atoms with Gasteiger partial charge in [-0.05, 0) is 0 Å². The van der Waals surface area contributed by atoms with Crippen LogP contribution in [0.25, 0.3) is 11.2 Å². The van der Waals surface area contributed by atoms with Gasteiger partial charge in [0, 0.05) is 27.1 Å². The highest BCUT2D eigenvalue weighted by molar-refractivity contribution is 6.99. The van der Waals surface area contributed by atoms with Gasteiger partial charge in [-0.1, -0.05) is 0 Å². The molecule has 10 nitrogen and oxygen atoms in total. The molecule has 0 saturated heterocycles. The smallest absolute Gasteiger partial charge is 0.324 e. The van der Waals surface area contributed by atoms with Gasteiger partial charge < -0.3 is 9.88 Å². The van der Waals surface area contributed by atoms with Gasteiger partial charge in [-0.2, -0.15) is 8.75 Å². The Hall–Kier alpha value is -2.82. The molecule has 0 aromatic carbocycles. The number of aryl methyl sites for hydroxylation is 2. The lowest BCUT2D eigenvalue weighted by Crippen LogP contribution is -2.37. The standard InChI is InChI=1S/C12H13N7O3S/c1-17-10-9(11(21)18(2)12(17)22)19(6-13-10)4-3-8(20)15-7-5-14-23-16-7/h5-6H,3-4H2,1-2H3,(H,15,16,20). The van der Waals surface area contributed by atoms with Gasteiger partial charge in [0.05, 0.1) is 24.3 Å². The Bertz CT molecular complexity index is 983. The van der Waals surface area contributed by atoms with Gasteiger partial charge in [0.2, 0.25) is 5.91 Å². The Morgan fingerprint density at radius 2 is 2.09 bits per heavy atom. The molecule has 1 amide bonds. The summed E-state index contributed by atoms with van der Waals surface area (Å²) in [5, 5.41) is 2.60. The number of anilines is 1. The van der Waals surface area contributed by atoms with Crippen LogP contribution in [0.3, 0.4) is 0 Å². The van der Waals surface area contributed by atoms with Crippen molar-refractivity contribution in [1.29, 1.82) is 0 Å². The molecule has 23 heavy (non-hydrogen) atoms. The fourth-order valence-corrected chi connectivity index (χ4v) is 2.59. The number of carbonyl (C=O) groups is 1. The molecule has 3 rings (SSSR count). The maximum Gasteiger partial charge on any atom is 0.332 e. The molecule has 3 heterocycles. The van der Waals surface area contributed by atoms with Crippen molar-refractivity contribution in [3.05, 3.63) is 33.4 Å². The van der Waals surface area contributed by atoms with Crippen molar-refractivity contribution in [3.8, 4) is 0 Å². The number of nitrogens with one attached hydrogen (secondary N) is 1. The summed E-state index contributed by atoms with van der Waals surface area (Å²) in [5.74, 6) is 0.148. The lowest BCUT2D eigenvalue weighted by Gasteiger charge is -2.06. The van der Waals surface area contributed by atoms with Crippen LogP contribution in [0.4, 0.5) is 5.82 Å². The molecule has 0 saturated carbocycles. The minimum atomic E-state index is -0.443. The molecule has 11 heteroatoms. The predicted molar refractivity (Wildman–Crippen MR) is 83.4 cm³/mol. The maximum atomic E-state index is 12.3. The van der Waals surface area contributed by atoms with Gasteiger partial charge in [-0.15, -0.1) is 0 Å². The van der Waals surface area contributed by atoms with Crippen LogP contribution in [0.2, 0.25) is 0 Å². The number of nitrogens with zero attached hydrogens (tertiary/aromatic N) is 6. The number of rotatable bonds is 4. The van der Waals surface area contributed by atoms with Crippen molar-refractivity contribution in [2.24, 2.45) is 14.1 Å². The highest BCUT2D eigenvalue weighted by Gasteiger charge is 2.15. The Morgan fingerprint density at radius 1 is 1.30 bits per heavy atom. The van der Waals surface area contributed by atoms with Gasteiger partial charge >= 0.3 is 5.69 Å². The second kappa shape index (κ2) is 5.76.